The van der Waals surface area contributed by atoms with E-state index in [4.69, 9.17) is 5.14 Å². The zero-order chi connectivity index (χ0) is 14.6. The van der Waals surface area contributed by atoms with Gasteiger partial charge in [0.2, 0.25) is 10.0 Å². The summed E-state index contributed by atoms with van der Waals surface area (Å²) in [6.07, 6.45) is 1.13. The molecule has 0 saturated heterocycles. The molecule has 0 bridgehead atoms. The lowest BCUT2D eigenvalue weighted by molar-refractivity contribution is -0.142. The van der Waals surface area contributed by atoms with Gasteiger partial charge in [-0.15, -0.1) is 0 Å². The van der Waals surface area contributed by atoms with E-state index in [1.807, 2.05) is 13.8 Å². The summed E-state index contributed by atoms with van der Waals surface area (Å²) in [7, 11) is -2.46. The molecular weight excluding hydrogens is 270 g/mol. The van der Waals surface area contributed by atoms with E-state index < -0.39 is 22.0 Å². The molecule has 0 saturated carbocycles. The van der Waals surface area contributed by atoms with E-state index in [0.717, 1.165) is 6.20 Å². The maximum atomic E-state index is 11.6. The Morgan fingerprint density at radius 2 is 2.05 bits per heavy atom. The molecule has 19 heavy (non-hydrogen) atoms. The first-order valence-corrected chi connectivity index (χ1v) is 7.13. The predicted octanol–water partition coefficient (Wildman–Crippen LogP) is 0.338. The van der Waals surface area contributed by atoms with Crippen LogP contribution in [0.4, 0.5) is 5.82 Å². The molecule has 1 aromatic rings. The fourth-order valence-corrected chi connectivity index (χ4v) is 1.88. The lowest BCUT2D eigenvalue weighted by Gasteiger charge is -2.20. The molecule has 7 nitrogen and oxygen atoms in total. The molecule has 0 aromatic carbocycles. The van der Waals surface area contributed by atoms with Crippen molar-refractivity contribution in [3.05, 3.63) is 18.3 Å². The molecule has 0 radical (unpaired) electrons. The van der Waals surface area contributed by atoms with Crippen LogP contribution < -0.4 is 10.5 Å². The SMILES string of the molecule is COC(=O)C(Nc1ccc(S(N)(=O)=O)cn1)C(C)C. The molecule has 1 heterocycles. The number of rotatable bonds is 5. The number of esters is 1. The zero-order valence-corrected chi connectivity index (χ0v) is 11.8. The number of nitrogens with one attached hydrogen (secondary N) is 1. The summed E-state index contributed by atoms with van der Waals surface area (Å²) in [5.74, 6) is -0.0454. The zero-order valence-electron chi connectivity index (χ0n) is 11.0. The average Bonchev–Trinajstić information content (AvgIpc) is 2.34. The minimum atomic E-state index is -3.77. The number of pyridine rings is 1. The Kier molecular flexibility index (Phi) is 4.84. The molecule has 0 amide bonds. The summed E-state index contributed by atoms with van der Waals surface area (Å²) in [6, 6.07) is 2.20. The number of carbonyl (C=O) groups is 1. The standard InChI is InChI=1S/C11H17N3O4S/c1-7(2)10(11(15)18-3)14-9-5-4-8(6-13-9)19(12,16)17/h4-7,10H,1-3H3,(H,13,14)(H2,12,16,17). The van der Waals surface area contributed by atoms with Crippen molar-refractivity contribution in [2.75, 3.05) is 12.4 Å². The van der Waals surface area contributed by atoms with Gasteiger partial charge in [0.1, 0.15) is 16.8 Å². The summed E-state index contributed by atoms with van der Waals surface area (Å²) >= 11 is 0. The first kappa shape index (κ1) is 15.4. The van der Waals surface area contributed by atoms with E-state index in [2.05, 4.69) is 15.0 Å². The summed E-state index contributed by atoms with van der Waals surface area (Å²) in [6.45, 7) is 3.71. The van der Waals surface area contributed by atoms with Gasteiger partial charge in [-0.25, -0.2) is 23.3 Å². The van der Waals surface area contributed by atoms with Crippen molar-refractivity contribution in [2.45, 2.75) is 24.8 Å². The highest BCUT2D eigenvalue weighted by atomic mass is 32.2. The van der Waals surface area contributed by atoms with Gasteiger partial charge < -0.3 is 10.1 Å². The first-order chi connectivity index (χ1) is 8.75. The van der Waals surface area contributed by atoms with Crippen LogP contribution >= 0.6 is 0 Å². The number of sulfonamides is 1. The molecule has 1 aromatic heterocycles. The molecule has 3 N–H and O–H groups in total. The van der Waals surface area contributed by atoms with Gasteiger partial charge >= 0.3 is 5.97 Å². The maximum absolute atomic E-state index is 11.6. The van der Waals surface area contributed by atoms with E-state index in [1.165, 1.54) is 19.2 Å². The molecule has 106 valence electrons. The minimum Gasteiger partial charge on any atom is -0.467 e. The van der Waals surface area contributed by atoms with Crippen molar-refractivity contribution in [3.8, 4) is 0 Å². The van der Waals surface area contributed by atoms with Crippen LogP contribution in [0, 0.1) is 5.92 Å². The number of methoxy groups -OCH3 is 1. The minimum absolute atomic E-state index is 0.00725. The summed E-state index contributed by atoms with van der Waals surface area (Å²) < 4.78 is 26.8. The van der Waals surface area contributed by atoms with Crippen LogP contribution in [0.2, 0.25) is 0 Å². The fourth-order valence-electron chi connectivity index (χ4n) is 1.42. The van der Waals surface area contributed by atoms with Crippen molar-refractivity contribution in [1.29, 1.82) is 0 Å². The van der Waals surface area contributed by atoms with Crippen molar-refractivity contribution < 1.29 is 17.9 Å². The number of hydrogen-bond donors (Lipinski definition) is 2. The topological polar surface area (TPSA) is 111 Å². The van der Waals surface area contributed by atoms with E-state index in [-0.39, 0.29) is 10.8 Å². The number of nitrogens with two attached hydrogens (primary N) is 1. The maximum Gasteiger partial charge on any atom is 0.328 e. The molecule has 1 rings (SSSR count). The molecular formula is C11H17N3O4S. The number of carbonyl (C=O) groups excluding carboxylic acids is 1. The Morgan fingerprint density at radius 3 is 2.42 bits per heavy atom. The van der Waals surface area contributed by atoms with Crippen LogP contribution in [-0.4, -0.2) is 32.5 Å². The highest BCUT2D eigenvalue weighted by Gasteiger charge is 2.23. The second-order valence-corrected chi connectivity index (χ2v) is 5.87. The van der Waals surface area contributed by atoms with Gasteiger partial charge in [-0.05, 0) is 18.1 Å². The van der Waals surface area contributed by atoms with Gasteiger partial charge in [-0.2, -0.15) is 0 Å². The molecule has 0 aliphatic rings. The van der Waals surface area contributed by atoms with Crippen LogP contribution in [0.5, 0.6) is 0 Å². The molecule has 1 unspecified atom stereocenters. The lowest BCUT2D eigenvalue weighted by atomic mass is 10.0. The highest BCUT2D eigenvalue weighted by Crippen LogP contribution is 2.13. The third-order valence-corrected chi connectivity index (χ3v) is 3.39. The quantitative estimate of drug-likeness (QED) is 0.755. The van der Waals surface area contributed by atoms with Crippen LogP contribution in [0.25, 0.3) is 0 Å². The Morgan fingerprint density at radius 1 is 1.42 bits per heavy atom. The van der Waals surface area contributed by atoms with Crippen molar-refractivity contribution in [3.63, 3.8) is 0 Å². The van der Waals surface area contributed by atoms with Crippen molar-refractivity contribution >= 4 is 21.8 Å². The summed E-state index contributed by atoms with van der Waals surface area (Å²) in [5, 5.41) is 7.85. The third-order valence-electron chi connectivity index (χ3n) is 2.49. The number of ether oxygens (including phenoxy) is 1. The van der Waals surface area contributed by atoms with Gasteiger partial charge in [-0.1, -0.05) is 13.8 Å². The highest BCUT2D eigenvalue weighted by molar-refractivity contribution is 7.89. The van der Waals surface area contributed by atoms with E-state index in [9.17, 15) is 13.2 Å². The van der Waals surface area contributed by atoms with Gasteiger partial charge in [-0.3, -0.25) is 0 Å². The van der Waals surface area contributed by atoms with Crippen LogP contribution in [0.3, 0.4) is 0 Å². The molecule has 0 fully saturated rings. The number of hydrogen-bond acceptors (Lipinski definition) is 6. The molecule has 8 heteroatoms. The normalized spacial score (nSPS) is 13.1. The van der Waals surface area contributed by atoms with Crippen LogP contribution in [-0.2, 0) is 19.6 Å². The molecule has 0 aliphatic heterocycles. The second-order valence-electron chi connectivity index (χ2n) is 4.31. The van der Waals surface area contributed by atoms with Crippen LogP contribution in [0.15, 0.2) is 23.2 Å². The van der Waals surface area contributed by atoms with Crippen molar-refractivity contribution in [2.24, 2.45) is 11.1 Å². The van der Waals surface area contributed by atoms with Gasteiger partial charge in [0.05, 0.1) is 7.11 Å². The average molecular weight is 287 g/mol. The van der Waals surface area contributed by atoms with Crippen LogP contribution in [0.1, 0.15) is 13.8 Å². The van der Waals surface area contributed by atoms with Gasteiger partial charge in [0.25, 0.3) is 0 Å². The molecule has 1 atom stereocenters. The molecule has 0 spiro atoms. The monoisotopic (exact) mass is 287 g/mol. The lowest BCUT2D eigenvalue weighted by Crippen LogP contribution is -2.35. The van der Waals surface area contributed by atoms with E-state index in [0.29, 0.717) is 5.82 Å². The largest absolute Gasteiger partial charge is 0.467 e. The first-order valence-electron chi connectivity index (χ1n) is 5.59. The molecule has 0 aliphatic carbocycles. The Bertz CT molecular complexity index is 540. The van der Waals surface area contributed by atoms with Gasteiger partial charge in [0, 0.05) is 6.20 Å². The predicted molar refractivity (Wildman–Crippen MR) is 69.9 cm³/mol. The Labute approximate surface area is 112 Å². The third kappa shape index (κ3) is 4.18. The summed E-state index contributed by atoms with van der Waals surface area (Å²) in [5.41, 5.74) is 0. The second kappa shape index (κ2) is 5.98. The number of anilines is 1. The Hall–Kier alpha value is -1.67. The number of aromatic nitrogens is 1. The van der Waals surface area contributed by atoms with E-state index in [1.54, 1.807) is 0 Å². The smallest absolute Gasteiger partial charge is 0.328 e. The number of nitrogens with zero attached hydrogens (tertiary/aromatic N) is 1. The Balaban J connectivity index is 2.90. The van der Waals surface area contributed by atoms with E-state index >= 15 is 0 Å². The number of primary sulfonamides is 1. The summed E-state index contributed by atoms with van der Waals surface area (Å²) in [4.78, 5) is 15.4. The van der Waals surface area contributed by atoms with Gasteiger partial charge in [0.15, 0.2) is 0 Å². The van der Waals surface area contributed by atoms with Crippen molar-refractivity contribution in [1.82, 2.24) is 4.98 Å². The fraction of sp³-hybridized carbons (Fsp3) is 0.455.